The van der Waals surface area contributed by atoms with Crippen molar-refractivity contribution in [3.8, 4) is 11.5 Å². The topological polar surface area (TPSA) is 122 Å². The number of hydrogen-bond donors (Lipinski definition) is 1. The van der Waals surface area contributed by atoms with Gasteiger partial charge in [-0.05, 0) is 60.0 Å². The average molecular weight is 634 g/mol. The van der Waals surface area contributed by atoms with Gasteiger partial charge in [-0.3, -0.25) is 9.10 Å². The number of carbonyl (C=O) groups is 1. The van der Waals surface area contributed by atoms with Gasteiger partial charge in [-0.15, -0.1) is 0 Å². The highest BCUT2D eigenvalue weighted by Gasteiger charge is 2.34. The van der Waals surface area contributed by atoms with E-state index in [9.17, 15) is 21.6 Å². The van der Waals surface area contributed by atoms with Gasteiger partial charge < -0.3 is 14.8 Å². The van der Waals surface area contributed by atoms with E-state index in [1.165, 1.54) is 59.2 Å². The Morgan fingerprint density at radius 2 is 1.74 bits per heavy atom. The molecule has 0 spiro atoms. The fourth-order valence-electron chi connectivity index (χ4n) is 4.73. The second kappa shape index (κ2) is 12.7. The van der Waals surface area contributed by atoms with Crippen LogP contribution in [0.3, 0.4) is 0 Å². The molecule has 0 bridgehead atoms. The summed E-state index contributed by atoms with van der Waals surface area (Å²) in [6, 6.07) is 14.3. The van der Waals surface area contributed by atoms with Gasteiger partial charge in [-0.2, -0.15) is 4.31 Å². The van der Waals surface area contributed by atoms with E-state index in [1.54, 1.807) is 32.0 Å². The summed E-state index contributed by atoms with van der Waals surface area (Å²) in [5, 5.41) is 2.75. The van der Waals surface area contributed by atoms with Crippen LogP contribution in [0.25, 0.3) is 6.08 Å². The molecule has 3 aromatic carbocycles. The highest BCUT2D eigenvalue weighted by molar-refractivity contribution is 7.93. The SMILES string of the molecule is CCN(CC)S(=O)(=O)c1ccc(Cl)c(NC(=O)/C=C/c2cc(OC)c(OC)c(S(=O)(=O)N3CCc4ccccc43)c2)c1. The van der Waals surface area contributed by atoms with Crippen LogP contribution < -0.4 is 19.1 Å². The van der Waals surface area contributed by atoms with Crippen LogP contribution in [0, 0.1) is 0 Å². The van der Waals surface area contributed by atoms with Gasteiger partial charge in [-0.25, -0.2) is 16.8 Å². The Kier molecular flexibility index (Phi) is 9.51. The maximum absolute atomic E-state index is 13.8. The van der Waals surface area contributed by atoms with Crippen molar-refractivity contribution in [1.29, 1.82) is 0 Å². The molecule has 1 N–H and O–H groups in total. The van der Waals surface area contributed by atoms with E-state index >= 15 is 0 Å². The molecular weight excluding hydrogens is 602 g/mol. The second-order valence-electron chi connectivity index (χ2n) is 9.26. The van der Waals surface area contributed by atoms with Crippen LogP contribution in [0.4, 0.5) is 11.4 Å². The number of ether oxygens (including phenoxy) is 2. The number of sulfonamides is 2. The van der Waals surface area contributed by atoms with Crippen molar-refractivity contribution in [3.63, 3.8) is 0 Å². The molecule has 0 aliphatic carbocycles. The van der Waals surface area contributed by atoms with Crippen LogP contribution in [0.15, 0.2) is 70.5 Å². The predicted molar refractivity (Wildman–Crippen MR) is 163 cm³/mol. The predicted octanol–water partition coefficient (Wildman–Crippen LogP) is 4.79. The van der Waals surface area contributed by atoms with E-state index in [2.05, 4.69) is 5.32 Å². The zero-order valence-electron chi connectivity index (χ0n) is 23.6. The Balaban J connectivity index is 1.65. The van der Waals surface area contributed by atoms with Crippen molar-refractivity contribution in [2.45, 2.75) is 30.1 Å². The van der Waals surface area contributed by atoms with E-state index in [1.807, 2.05) is 12.1 Å². The Morgan fingerprint density at radius 3 is 2.40 bits per heavy atom. The molecule has 42 heavy (non-hydrogen) atoms. The third-order valence-corrected chi connectivity index (χ3v) is 11.0. The van der Waals surface area contributed by atoms with Gasteiger partial charge in [0.15, 0.2) is 11.5 Å². The van der Waals surface area contributed by atoms with Gasteiger partial charge in [0, 0.05) is 25.7 Å². The number of nitrogens with one attached hydrogen (secondary N) is 1. The van der Waals surface area contributed by atoms with Gasteiger partial charge in [0.1, 0.15) is 4.90 Å². The molecule has 10 nitrogen and oxygen atoms in total. The van der Waals surface area contributed by atoms with Crippen molar-refractivity contribution in [1.82, 2.24) is 4.31 Å². The summed E-state index contributed by atoms with van der Waals surface area (Å²) < 4.78 is 67.0. The Labute approximate surface area is 251 Å². The number of para-hydroxylation sites is 1. The van der Waals surface area contributed by atoms with Crippen molar-refractivity contribution in [2.24, 2.45) is 0 Å². The van der Waals surface area contributed by atoms with Crippen molar-refractivity contribution >= 4 is 55.0 Å². The van der Waals surface area contributed by atoms with E-state index in [0.717, 1.165) is 5.56 Å². The molecule has 0 atom stereocenters. The number of amides is 1. The zero-order chi connectivity index (χ0) is 30.7. The summed E-state index contributed by atoms with van der Waals surface area (Å²) in [5.41, 5.74) is 1.99. The lowest BCUT2D eigenvalue weighted by Gasteiger charge is -2.22. The number of anilines is 2. The first kappa shape index (κ1) is 31.4. The van der Waals surface area contributed by atoms with Gasteiger partial charge in [-0.1, -0.05) is 43.6 Å². The molecule has 1 amide bonds. The smallest absolute Gasteiger partial charge is 0.268 e. The van der Waals surface area contributed by atoms with Crippen LogP contribution >= 0.6 is 11.6 Å². The standard InChI is InChI=1S/C29H32ClN3O7S2/c1-5-32(6-2)41(35,36)22-12-13-23(30)24(19-22)31-28(34)14-11-20-17-26(39-3)29(40-4)27(18-20)42(37,38)33-16-15-21-9-7-8-10-25(21)33/h7-14,17-19H,5-6,15-16H2,1-4H3,(H,31,34)/b14-11+. The van der Waals surface area contributed by atoms with Crippen LogP contribution in [0.1, 0.15) is 25.0 Å². The summed E-state index contributed by atoms with van der Waals surface area (Å²) in [4.78, 5) is 12.7. The minimum absolute atomic E-state index is 0.00638. The Hall–Kier alpha value is -3.58. The van der Waals surface area contributed by atoms with Crippen LogP contribution in [-0.4, -0.2) is 60.9 Å². The number of rotatable bonds is 11. The lowest BCUT2D eigenvalue weighted by molar-refractivity contribution is -0.111. The summed E-state index contributed by atoms with van der Waals surface area (Å²) in [5.74, 6) is -0.396. The first-order valence-corrected chi connectivity index (χ1v) is 16.4. The molecule has 0 aromatic heterocycles. The molecule has 4 rings (SSSR count). The lowest BCUT2D eigenvalue weighted by Crippen LogP contribution is -2.30. The van der Waals surface area contributed by atoms with Gasteiger partial charge >= 0.3 is 0 Å². The van der Waals surface area contributed by atoms with Crippen LogP contribution in [0.2, 0.25) is 5.02 Å². The zero-order valence-corrected chi connectivity index (χ0v) is 26.0. The quantitative estimate of drug-likeness (QED) is 0.301. The molecule has 1 aliphatic rings. The van der Waals surface area contributed by atoms with Crippen molar-refractivity contribution in [3.05, 3.63) is 76.8 Å². The maximum Gasteiger partial charge on any atom is 0.268 e. The number of hydrogen-bond acceptors (Lipinski definition) is 7. The maximum atomic E-state index is 13.8. The highest BCUT2D eigenvalue weighted by atomic mass is 35.5. The molecule has 224 valence electrons. The minimum atomic E-state index is -4.06. The largest absolute Gasteiger partial charge is 0.493 e. The van der Waals surface area contributed by atoms with Gasteiger partial charge in [0.25, 0.3) is 10.0 Å². The monoisotopic (exact) mass is 633 g/mol. The number of halogens is 1. The lowest BCUT2D eigenvalue weighted by atomic mass is 10.2. The first-order chi connectivity index (χ1) is 20.0. The highest BCUT2D eigenvalue weighted by Crippen LogP contribution is 2.40. The fraction of sp³-hybridized carbons (Fsp3) is 0.276. The normalized spacial score (nSPS) is 13.4. The molecule has 0 saturated heterocycles. The molecule has 0 radical (unpaired) electrons. The molecule has 1 aliphatic heterocycles. The molecule has 0 fully saturated rings. The number of nitrogens with zero attached hydrogens (tertiary/aromatic N) is 2. The number of methoxy groups -OCH3 is 2. The van der Waals surface area contributed by atoms with Gasteiger partial charge in [0.2, 0.25) is 15.9 Å². The molecule has 0 saturated carbocycles. The Bertz CT molecular complexity index is 1740. The van der Waals surface area contributed by atoms with E-state index in [0.29, 0.717) is 30.8 Å². The third kappa shape index (κ3) is 6.12. The minimum Gasteiger partial charge on any atom is -0.493 e. The summed E-state index contributed by atoms with van der Waals surface area (Å²) in [6.45, 7) is 4.33. The van der Waals surface area contributed by atoms with Crippen LogP contribution in [0.5, 0.6) is 11.5 Å². The average Bonchev–Trinajstić information content (AvgIpc) is 3.42. The fourth-order valence-corrected chi connectivity index (χ4v) is 8.09. The molecule has 13 heteroatoms. The number of carbonyl (C=O) groups excluding carboxylic acids is 1. The summed E-state index contributed by atoms with van der Waals surface area (Å²) in [6.07, 6.45) is 3.18. The summed E-state index contributed by atoms with van der Waals surface area (Å²) >= 11 is 6.25. The van der Waals surface area contributed by atoms with Crippen LogP contribution in [-0.2, 0) is 31.3 Å². The third-order valence-electron chi connectivity index (χ3n) is 6.85. The molecular formula is C29H32ClN3O7S2. The molecule has 3 aromatic rings. The Morgan fingerprint density at radius 1 is 1.02 bits per heavy atom. The van der Waals surface area contributed by atoms with E-state index in [4.69, 9.17) is 21.1 Å². The molecule has 0 unspecified atom stereocenters. The van der Waals surface area contributed by atoms with Crippen molar-refractivity contribution < 1.29 is 31.1 Å². The van der Waals surface area contributed by atoms with E-state index < -0.39 is 26.0 Å². The number of benzene rings is 3. The summed E-state index contributed by atoms with van der Waals surface area (Å²) in [7, 11) is -5.08. The first-order valence-electron chi connectivity index (χ1n) is 13.1. The van der Waals surface area contributed by atoms with E-state index in [-0.39, 0.29) is 38.5 Å². The molecule has 1 heterocycles. The second-order valence-corrected chi connectivity index (χ2v) is 13.4. The van der Waals surface area contributed by atoms with Gasteiger partial charge in [0.05, 0.1) is 35.5 Å². The van der Waals surface area contributed by atoms with Crippen molar-refractivity contribution in [2.75, 3.05) is 43.5 Å². The number of fused-ring (bicyclic) bond motifs is 1.